The Balaban J connectivity index is 3.28. The highest BCUT2D eigenvalue weighted by Gasteiger charge is 2.02. The molecule has 13 heavy (non-hydrogen) atoms. The summed E-state index contributed by atoms with van der Waals surface area (Å²) in [5.74, 6) is -0.432. The molecular formula is C11H11NO. The molecule has 0 saturated heterocycles. The van der Waals surface area contributed by atoms with E-state index in [1.54, 1.807) is 30.4 Å². The van der Waals surface area contributed by atoms with Gasteiger partial charge in [-0.1, -0.05) is 31.4 Å². The van der Waals surface area contributed by atoms with Gasteiger partial charge in [-0.15, -0.1) is 0 Å². The number of rotatable bonds is 3. The minimum absolute atomic E-state index is 0.432. The quantitative estimate of drug-likeness (QED) is 0.747. The first kappa shape index (κ1) is 9.26. The summed E-state index contributed by atoms with van der Waals surface area (Å²) in [6.45, 7) is 7.29. The van der Waals surface area contributed by atoms with E-state index in [1.807, 2.05) is 0 Å². The molecule has 66 valence electrons. The van der Waals surface area contributed by atoms with E-state index in [2.05, 4.69) is 13.2 Å². The van der Waals surface area contributed by atoms with Crippen LogP contribution in [-0.4, -0.2) is 5.91 Å². The number of primary amides is 1. The van der Waals surface area contributed by atoms with Gasteiger partial charge in [0.1, 0.15) is 0 Å². The summed E-state index contributed by atoms with van der Waals surface area (Å²) in [7, 11) is 0. The van der Waals surface area contributed by atoms with E-state index in [4.69, 9.17) is 5.73 Å². The minimum Gasteiger partial charge on any atom is -0.366 e. The van der Waals surface area contributed by atoms with E-state index in [0.717, 1.165) is 11.1 Å². The standard InChI is InChI=1S/C11H11NO/c1-3-8-5-6-10(11(12)13)7-9(8)4-2/h3-7H,1-2H2,(H2,12,13). The average Bonchev–Trinajstić information content (AvgIpc) is 2.16. The van der Waals surface area contributed by atoms with Crippen LogP contribution in [0.25, 0.3) is 12.2 Å². The van der Waals surface area contributed by atoms with Gasteiger partial charge in [0, 0.05) is 5.56 Å². The van der Waals surface area contributed by atoms with Crippen LogP contribution < -0.4 is 5.73 Å². The Morgan fingerprint density at radius 1 is 1.23 bits per heavy atom. The Kier molecular flexibility index (Phi) is 2.65. The highest BCUT2D eigenvalue weighted by molar-refractivity contribution is 5.93. The third-order valence-corrected chi connectivity index (χ3v) is 1.81. The molecular weight excluding hydrogens is 162 g/mol. The Morgan fingerprint density at radius 2 is 1.85 bits per heavy atom. The first-order valence-corrected chi connectivity index (χ1v) is 3.87. The molecule has 0 fully saturated rings. The summed E-state index contributed by atoms with van der Waals surface area (Å²) in [4.78, 5) is 10.8. The number of nitrogens with two attached hydrogens (primary N) is 1. The number of hydrogen-bond acceptors (Lipinski definition) is 1. The molecule has 0 atom stereocenters. The molecule has 0 unspecified atom stereocenters. The highest BCUT2D eigenvalue weighted by Crippen LogP contribution is 2.14. The van der Waals surface area contributed by atoms with Crippen molar-refractivity contribution in [1.82, 2.24) is 0 Å². The van der Waals surface area contributed by atoms with Crippen molar-refractivity contribution < 1.29 is 4.79 Å². The molecule has 1 amide bonds. The zero-order valence-corrected chi connectivity index (χ0v) is 7.29. The van der Waals surface area contributed by atoms with E-state index in [0.29, 0.717) is 5.56 Å². The molecule has 0 aliphatic rings. The monoisotopic (exact) mass is 173 g/mol. The van der Waals surface area contributed by atoms with E-state index in [9.17, 15) is 4.79 Å². The fourth-order valence-electron chi connectivity index (χ4n) is 1.09. The van der Waals surface area contributed by atoms with Crippen LogP contribution >= 0.6 is 0 Å². The molecule has 1 aromatic rings. The number of hydrogen-bond donors (Lipinski definition) is 1. The van der Waals surface area contributed by atoms with Gasteiger partial charge in [-0.2, -0.15) is 0 Å². The van der Waals surface area contributed by atoms with Crippen molar-refractivity contribution in [3.63, 3.8) is 0 Å². The van der Waals surface area contributed by atoms with E-state index in [1.165, 1.54) is 0 Å². The smallest absolute Gasteiger partial charge is 0.248 e. The van der Waals surface area contributed by atoms with Crippen LogP contribution in [0, 0.1) is 0 Å². The average molecular weight is 173 g/mol. The van der Waals surface area contributed by atoms with Gasteiger partial charge in [0.15, 0.2) is 0 Å². The molecule has 1 rings (SSSR count). The zero-order chi connectivity index (χ0) is 9.84. The zero-order valence-electron chi connectivity index (χ0n) is 7.29. The largest absolute Gasteiger partial charge is 0.366 e. The minimum atomic E-state index is -0.432. The lowest BCUT2D eigenvalue weighted by Crippen LogP contribution is -2.10. The van der Waals surface area contributed by atoms with E-state index >= 15 is 0 Å². The lowest BCUT2D eigenvalue weighted by Gasteiger charge is -2.02. The van der Waals surface area contributed by atoms with Crippen molar-refractivity contribution in [2.45, 2.75) is 0 Å². The predicted octanol–water partition coefficient (Wildman–Crippen LogP) is 2.07. The van der Waals surface area contributed by atoms with Crippen LogP contribution in [0.3, 0.4) is 0 Å². The molecule has 2 heteroatoms. The van der Waals surface area contributed by atoms with Crippen molar-refractivity contribution in [3.8, 4) is 0 Å². The molecule has 2 N–H and O–H groups in total. The maximum atomic E-state index is 10.8. The first-order chi connectivity index (χ1) is 6.19. The van der Waals surface area contributed by atoms with Crippen LogP contribution in [0.4, 0.5) is 0 Å². The van der Waals surface area contributed by atoms with Gasteiger partial charge in [-0.05, 0) is 23.3 Å². The van der Waals surface area contributed by atoms with Crippen molar-refractivity contribution in [2.75, 3.05) is 0 Å². The molecule has 0 heterocycles. The van der Waals surface area contributed by atoms with Gasteiger partial charge in [0.05, 0.1) is 0 Å². The molecule has 0 radical (unpaired) electrons. The Hall–Kier alpha value is -1.83. The van der Waals surface area contributed by atoms with Crippen LogP contribution in [0.2, 0.25) is 0 Å². The third kappa shape index (κ3) is 1.85. The third-order valence-electron chi connectivity index (χ3n) is 1.81. The topological polar surface area (TPSA) is 43.1 Å². The van der Waals surface area contributed by atoms with E-state index in [-0.39, 0.29) is 0 Å². The van der Waals surface area contributed by atoms with Crippen molar-refractivity contribution in [3.05, 3.63) is 48.0 Å². The normalized spacial score (nSPS) is 9.23. The molecule has 1 aromatic carbocycles. The van der Waals surface area contributed by atoms with Gasteiger partial charge in [-0.3, -0.25) is 4.79 Å². The van der Waals surface area contributed by atoms with Crippen molar-refractivity contribution >= 4 is 18.1 Å². The maximum Gasteiger partial charge on any atom is 0.248 e. The number of benzene rings is 1. The first-order valence-electron chi connectivity index (χ1n) is 3.87. The Morgan fingerprint density at radius 3 is 2.31 bits per heavy atom. The van der Waals surface area contributed by atoms with Crippen LogP contribution in [0.15, 0.2) is 31.4 Å². The Bertz CT molecular complexity index is 366. The van der Waals surface area contributed by atoms with E-state index < -0.39 is 5.91 Å². The Labute approximate surface area is 77.4 Å². The summed E-state index contributed by atoms with van der Waals surface area (Å²) in [5.41, 5.74) is 7.43. The number of carbonyl (C=O) groups is 1. The molecule has 0 aromatic heterocycles. The lowest BCUT2D eigenvalue weighted by molar-refractivity contribution is 0.100. The highest BCUT2D eigenvalue weighted by atomic mass is 16.1. The fourth-order valence-corrected chi connectivity index (χ4v) is 1.09. The summed E-state index contributed by atoms with van der Waals surface area (Å²) in [6.07, 6.45) is 3.38. The predicted molar refractivity (Wildman–Crippen MR) is 55.1 cm³/mol. The molecule has 2 nitrogen and oxygen atoms in total. The summed E-state index contributed by atoms with van der Waals surface area (Å²) >= 11 is 0. The van der Waals surface area contributed by atoms with Gasteiger partial charge in [0.2, 0.25) is 5.91 Å². The fraction of sp³-hybridized carbons (Fsp3) is 0. The van der Waals surface area contributed by atoms with Crippen molar-refractivity contribution in [1.29, 1.82) is 0 Å². The molecule has 0 aliphatic heterocycles. The summed E-state index contributed by atoms with van der Waals surface area (Å²) in [6, 6.07) is 5.17. The molecule has 0 spiro atoms. The van der Waals surface area contributed by atoms with Crippen LogP contribution in [-0.2, 0) is 0 Å². The van der Waals surface area contributed by atoms with Gasteiger partial charge in [0.25, 0.3) is 0 Å². The van der Waals surface area contributed by atoms with Gasteiger partial charge in [-0.25, -0.2) is 0 Å². The summed E-state index contributed by atoms with van der Waals surface area (Å²) in [5, 5.41) is 0. The van der Waals surface area contributed by atoms with Gasteiger partial charge >= 0.3 is 0 Å². The summed E-state index contributed by atoms with van der Waals surface area (Å²) < 4.78 is 0. The molecule has 0 saturated carbocycles. The van der Waals surface area contributed by atoms with Crippen LogP contribution in [0.1, 0.15) is 21.5 Å². The van der Waals surface area contributed by atoms with Crippen molar-refractivity contribution in [2.24, 2.45) is 5.73 Å². The molecule has 0 bridgehead atoms. The molecule has 0 aliphatic carbocycles. The second-order valence-electron chi connectivity index (χ2n) is 2.62. The number of amides is 1. The number of carbonyl (C=O) groups excluding carboxylic acids is 1. The SMILES string of the molecule is C=Cc1ccc(C(N)=O)cc1C=C. The second-order valence-corrected chi connectivity index (χ2v) is 2.62. The second kappa shape index (κ2) is 3.72. The van der Waals surface area contributed by atoms with Crippen LogP contribution in [0.5, 0.6) is 0 Å². The maximum absolute atomic E-state index is 10.8. The lowest BCUT2D eigenvalue weighted by atomic mass is 10.0. The van der Waals surface area contributed by atoms with Gasteiger partial charge < -0.3 is 5.73 Å².